The second kappa shape index (κ2) is 7.46. The molecule has 29 heavy (non-hydrogen) atoms. The summed E-state index contributed by atoms with van der Waals surface area (Å²) in [4.78, 5) is 24.2. The number of fused-ring (bicyclic) bond motifs is 1. The van der Waals surface area contributed by atoms with Crippen LogP contribution in [0.4, 0.5) is 0 Å². The Morgan fingerprint density at radius 3 is 2.52 bits per heavy atom. The molecule has 1 aliphatic carbocycles. The first-order valence-corrected chi connectivity index (χ1v) is 9.79. The molecule has 6 nitrogen and oxygen atoms in total. The van der Waals surface area contributed by atoms with Gasteiger partial charge in [-0.15, -0.1) is 0 Å². The lowest BCUT2D eigenvalue weighted by molar-refractivity contribution is 0.0694. The Morgan fingerprint density at radius 1 is 1.24 bits per heavy atom. The summed E-state index contributed by atoms with van der Waals surface area (Å²) in [6.07, 6.45) is 3.15. The molecule has 1 atom stereocenters. The van der Waals surface area contributed by atoms with E-state index in [1.54, 1.807) is 19.2 Å². The monoisotopic (exact) mass is 392 g/mol. The third kappa shape index (κ3) is 3.69. The fourth-order valence-corrected chi connectivity index (χ4v) is 3.84. The molecule has 150 valence electrons. The molecule has 0 radical (unpaired) electrons. The van der Waals surface area contributed by atoms with E-state index in [0.717, 1.165) is 46.2 Å². The van der Waals surface area contributed by atoms with Gasteiger partial charge in [0.2, 0.25) is 0 Å². The molecule has 2 aromatic heterocycles. The minimum atomic E-state index is -1.19. The number of rotatable bonds is 6. The fraction of sp³-hybridized carbons (Fsp3) is 0.304. The van der Waals surface area contributed by atoms with Crippen molar-refractivity contribution in [2.45, 2.75) is 45.4 Å². The number of carboxylic acid groups (broad SMARTS) is 1. The van der Waals surface area contributed by atoms with Gasteiger partial charge >= 0.3 is 5.97 Å². The smallest absolute Gasteiger partial charge is 0.341 e. The number of carbonyl (C=O) groups is 1. The molecule has 1 unspecified atom stereocenters. The van der Waals surface area contributed by atoms with E-state index in [2.05, 4.69) is 5.32 Å². The van der Waals surface area contributed by atoms with E-state index in [0.29, 0.717) is 12.5 Å². The van der Waals surface area contributed by atoms with Crippen molar-refractivity contribution in [3.8, 4) is 11.1 Å². The van der Waals surface area contributed by atoms with Crippen LogP contribution in [0, 0.1) is 6.92 Å². The number of pyridine rings is 2. The first-order valence-electron chi connectivity index (χ1n) is 9.79. The number of benzene rings is 1. The molecule has 1 aliphatic rings. The average Bonchev–Trinajstić information content (AvgIpc) is 3.52. The van der Waals surface area contributed by atoms with Crippen LogP contribution >= 0.6 is 0 Å². The number of aromatic nitrogens is 1. The molecule has 1 saturated carbocycles. The summed E-state index contributed by atoms with van der Waals surface area (Å²) in [5.74, 6) is -0.874. The Balaban J connectivity index is 1.82. The van der Waals surface area contributed by atoms with E-state index >= 15 is 0 Å². The van der Waals surface area contributed by atoms with Crippen LogP contribution in [0.15, 0.2) is 47.4 Å². The van der Waals surface area contributed by atoms with Crippen LogP contribution in [0.3, 0.4) is 0 Å². The van der Waals surface area contributed by atoms with Crippen LogP contribution in [-0.2, 0) is 6.54 Å². The maximum Gasteiger partial charge on any atom is 0.341 e. The first-order chi connectivity index (χ1) is 13.9. The van der Waals surface area contributed by atoms with Crippen molar-refractivity contribution in [1.82, 2.24) is 9.72 Å². The van der Waals surface area contributed by atoms with Crippen LogP contribution in [0.25, 0.3) is 16.6 Å². The Kier molecular flexibility index (Phi) is 4.98. The largest absolute Gasteiger partial charge is 0.477 e. The summed E-state index contributed by atoms with van der Waals surface area (Å²) < 4.78 is 1.48. The predicted molar refractivity (Wildman–Crippen MR) is 111 cm³/mol. The van der Waals surface area contributed by atoms with Gasteiger partial charge in [0.05, 0.1) is 5.52 Å². The second-order valence-electron chi connectivity index (χ2n) is 7.72. The molecular weight excluding hydrogens is 368 g/mol. The van der Waals surface area contributed by atoms with Crippen LogP contribution in [0.2, 0.25) is 0 Å². The average molecular weight is 392 g/mol. The summed E-state index contributed by atoms with van der Waals surface area (Å²) in [5.41, 5.74) is 5.18. The van der Waals surface area contributed by atoms with Crippen LogP contribution in [0.1, 0.15) is 52.7 Å². The Bertz CT molecular complexity index is 1140. The summed E-state index contributed by atoms with van der Waals surface area (Å²) >= 11 is 0. The maximum absolute atomic E-state index is 12.7. The lowest BCUT2D eigenvalue weighted by Crippen LogP contribution is -2.24. The Labute approximate surface area is 168 Å². The first kappa shape index (κ1) is 19.4. The van der Waals surface area contributed by atoms with Gasteiger partial charge in [0.25, 0.3) is 5.56 Å². The third-order valence-electron chi connectivity index (χ3n) is 5.53. The minimum Gasteiger partial charge on any atom is -0.477 e. The van der Waals surface area contributed by atoms with E-state index in [1.165, 1.54) is 4.40 Å². The van der Waals surface area contributed by atoms with Gasteiger partial charge in [0.1, 0.15) is 11.8 Å². The van der Waals surface area contributed by atoms with Gasteiger partial charge in [-0.3, -0.25) is 14.5 Å². The standard InChI is InChI=1S/C23H24N2O4/c1-13-18(16-5-3-15(4-6-16)12-24-14(2)26)9-10-25-21(13)19(17-7-8-17)11-20(22(25)27)23(28)29/h3-6,9-11,14,17,24,26H,7-8,12H2,1-2H3,(H,28,29). The molecule has 6 heteroatoms. The van der Waals surface area contributed by atoms with Crippen molar-refractivity contribution in [3.63, 3.8) is 0 Å². The molecule has 0 aliphatic heterocycles. The summed E-state index contributed by atoms with van der Waals surface area (Å²) in [5, 5.41) is 21.8. The SMILES string of the molecule is Cc1c(-c2ccc(CNC(C)O)cc2)ccn2c(=O)c(C(=O)O)cc(C3CC3)c12. The molecule has 3 N–H and O–H groups in total. The van der Waals surface area contributed by atoms with Crippen molar-refractivity contribution in [2.75, 3.05) is 0 Å². The molecule has 0 amide bonds. The predicted octanol–water partition coefficient (Wildman–Crippen LogP) is 3.28. The highest BCUT2D eigenvalue weighted by molar-refractivity contribution is 5.89. The van der Waals surface area contributed by atoms with Gasteiger partial charge in [-0.2, -0.15) is 0 Å². The zero-order valence-electron chi connectivity index (χ0n) is 16.5. The lowest BCUT2D eigenvalue weighted by atomic mass is 9.96. The van der Waals surface area contributed by atoms with E-state index < -0.39 is 17.8 Å². The summed E-state index contributed by atoms with van der Waals surface area (Å²) in [7, 11) is 0. The van der Waals surface area contributed by atoms with Gasteiger partial charge in [0, 0.05) is 12.7 Å². The fourth-order valence-electron chi connectivity index (χ4n) is 3.84. The number of nitrogens with zero attached hydrogens (tertiary/aromatic N) is 1. The van der Waals surface area contributed by atoms with Gasteiger partial charge < -0.3 is 10.2 Å². The minimum absolute atomic E-state index is 0.175. The Morgan fingerprint density at radius 2 is 1.93 bits per heavy atom. The molecule has 0 saturated heterocycles. The van der Waals surface area contributed by atoms with Crippen molar-refractivity contribution in [2.24, 2.45) is 0 Å². The summed E-state index contributed by atoms with van der Waals surface area (Å²) in [6, 6.07) is 11.5. The number of hydrogen-bond acceptors (Lipinski definition) is 4. The zero-order chi connectivity index (χ0) is 20.7. The van der Waals surface area contributed by atoms with E-state index in [-0.39, 0.29) is 5.56 Å². The third-order valence-corrected chi connectivity index (χ3v) is 5.53. The number of aromatic carboxylic acids is 1. The van der Waals surface area contributed by atoms with Gasteiger partial charge in [-0.05, 0) is 72.6 Å². The Hall–Kier alpha value is -2.96. The quantitative estimate of drug-likeness (QED) is 0.560. The van der Waals surface area contributed by atoms with Crippen LogP contribution in [0.5, 0.6) is 0 Å². The maximum atomic E-state index is 12.7. The summed E-state index contributed by atoms with van der Waals surface area (Å²) in [6.45, 7) is 4.25. The molecule has 0 spiro atoms. The molecule has 0 bridgehead atoms. The lowest BCUT2D eigenvalue weighted by Gasteiger charge is -2.16. The molecular formula is C23H24N2O4. The van der Waals surface area contributed by atoms with E-state index in [1.807, 2.05) is 37.3 Å². The van der Waals surface area contributed by atoms with Crippen molar-refractivity contribution < 1.29 is 15.0 Å². The zero-order valence-corrected chi connectivity index (χ0v) is 16.5. The van der Waals surface area contributed by atoms with Gasteiger partial charge in [-0.1, -0.05) is 24.3 Å². The van der Waals surface area contributed by atoms with Crippen LogP contribution in [-0.4, -0.2) is 26.8 Å². The number of hydrogen-bond donors (Lipinski definition) is 3. The molecule has 2 heterocycles. The number of aryl methyl sites for hydroxylation is 1. The normalized spacial score (nSPS) is 14.9. The van der Waals surface area contributed by atoms with Gasteiger partial charge in [-0.25, -0.2) is 4.79 Å². The number of aliphatic hydroxyl groups is 1. The molecule has 1 fully saturated rings. The molecule has 4 rings (SSSR count). The molecule has 3 aromatic rings. The van der Waals surface area contributed by atoms with Crippen molar-refractivity contribution in [3.05, 3.63) is 75.2 Å². The van der Waals surface area contributed by atoms with E-state index in [9.17, 15) is 19.8 Å². The highest BCUT2D eigenvalue weighted by Crippen LogP contribution is 2.43. The van der Waals surface area contributed by atoms with Gasteiger partial charge in [0.15, 0.2) is 0 Å². The highest BCUT2D eigenvalue weighted by atomic mass is 16.4. The highest BCUT2D eigenvalue weighted by Gasteiger charge is 2.29. The second-order valence-corrected chi connectivity index (χ2v) is 7.72. The van der Waals surface area contributed by atoms with Crippen molar-refractivity contribution in [1.29, 1.82) is 0 Å². The number of nitrogens with one attached hydrogen (secondary N) is 1. The van der Waals surface area contributed by atoms with E-state index in [4.69, 9.17) is 0 Å². The molecule has 1 aromatic carbocycles. The van der Waals surface area contributed by atoms with Crippen molar-refractivity contribution >= 4 is 11.5 Å². The number of aliphatic hydroxyl groups excluding tert-OH is 1. The number of carboxylic acids is 1. The topological polar surface area (TPSA) is 91.0 Å². The van der Waals surface area contributed by atoms with Crippen LogP contribution < -0.4 is 10.9 Å².